The van der Waals surface area contributed by atoms with Gasteiger partial charge in [0.15, 0.2) is 0 Å². The number of halogens is 3. The number of nitrogens with zero attached hydrogens (tertiary/aromatic N) is 1. The summed E-state index contributed by atoms with van der Waals surface area (Å²) in [6.45, 7) is 1.44. The van der Waals surface area contributed by atoms with E-state index in [0.717, 1.165) is 13.1 Å². The summed E-state index contributed by atoms with van der Waals surface area (Å²) in [6, 6.07) is 0. The van der Waals surface area contributed by atoms with E-state index in [2.05, 4.69) is 15.3 Å². The van der Waals surface area contributed by atoms with Gasteiger partial charge in [-0.05, 0) is 0 Å². The van der Waals surface area contributed by atoms with Crippen molar-refractivity contribution in [3.8, 4) is 0 Å². The highest BCUT2D eigenvalue weighted by Crippen LogP contribution is 2.28. The molecule has 72 valence electrons. The lowest BCUT2D eigenvalue weighted by molar-refractivity contribution is -0.144. The molecular formula is C7H8F3N3. The predicted octanol–water partition coefficient (Wildman–Crippen LogP) is 1.12. The lowest BCUT2D eigenvalue weighted by Crippen LogP contribution is -2.40. The fourth-order valence-electron chi connectivity index (χ4n) is 1.20. The van der Waals surface area contributed by atoms with Crippen molar-refractivity contribution in [2.45, 2.75) is 12.1 Å². The summed E-state index contributed by atoms with van der Waals surface area (Å²) in [5.41, 5.74) is 0.561. The Morgan fingerprint density at radius 2 is 2.08 bits per heavy atom. The van der Waals surface area contributed by atoms with Gasteiger partial charge in [-0.3, -0.25) is 0 Å². The zero-order valence-electron chi connectivity index (χ0n) is 6.65. The molecule has 0 bridgehead atoms. The van der Waals surface area contributed by atoms with Crippen molar-refractivity contribution in [1.82, 2.24) is 15.3 Å². The van der Waals surface area contributed by atoms with E-state index in [0.29, 0.717) is 5.69 Å². The molecule has 1 aromatic rings. The number of hydrogen-bond donors (Lipinski definition) is 2. The van der Waals surface area contributed by atoms with Crippen LogP contribution in [-0.2, 0) is 6.18 Å². The van der Waals surface area contributed by atoms with Crippen LogP contribution in [-0.4, -0.2) is 23.1 Å². The molecule has 3 nitrogen and oxygen atoms in total. The van der Waals surface area contributed by atoms with Crippen molar-refractivity contribution >= 4 is 0 Å². The van der Waals surface area contributed by atoms with Gasteiger partial charge in [-0.25, -0.2) is 4.98 Å². The second-order valence-electron chi connectivity index (χ2n) is 3.04. The molecule has 2 rings (SSSR count). The van der Waals surface area contributed by atoms with E-state index < -0.39 is 12.0 Å². The van der Waals surface area contributed by atoms with Gasteiger partial charge in [0.1, 0.15) is 0 Å². The van der Waals surface area contributed by atoms with E-state index in [-0.39, 0.29) is 5.92 Å². The van der Waals surface area contributed by atoms with E-state index in [1.54, 1.807) is 0 Å². The van der Waals surface area contributed by atoms with E-state index >= 15 is 0 Å². The van der Waals surface area contributed by atoms with Crippen LogP contribution in [0.25, 0.3) is 0 Å². The molecule has 0 atom stereocenters. The Labute approximate surface area is 72.4 Å². The van der Waals surface area contributed by atoms with Crippen LogP contribution < -0.4 is 5.32 Å². The highest BCUT2D eigenvalue weighted by Gasteiger charge is 2.35. The zero-order chi connectivity index (χ0) is 9.47. The van der Waals surface area contributed by atoms with Crippen LogP contribution in [0.15, 0.2) is 6.20 Å². The summed E-state index contributed by atoms with van der Waals surface area (Å²) in [6.07, 6.45) is -3.11. The fraction of sp³-hybridized carbons (Fsp3) is 0.571. The molecule has 0 spiro atoms. The Bertz CT molecular complexity index is 300. The quantitative estimate of drug-likeness (QED) is 0.698. The Morgan fingerprint density at radius 1 is 1.38 bits per heavy atom. The van der Waals surface area contributed by atoms with Crippen LogP contribution in [0.3, 0.4) is 0 Å². The first-order valence-electron chi connectivity index (χ1n) is 3.90. The number of imidazole rings is 1. The van der Waals surface area contributed by atoms with Gasteiger partial charge >= 0.3 is 6.18 Å². The molecule has 6 heteroatoms. The van der Waals surface area contributed by atoms with E-state index in [1.165, 1.54) is 6.20 Å². The third kappa shape index (κ3) is 1.53. The van der Waals surface area contributed by atoms with Crippen molar-refractivity contribution in [2.75, 3.05) is 13.1 Å². The van der Waals surface area contributed by atoms with Gasteiger partial charge in [-0.1, -0.05) is 0 Å². The van der Waals surface area contributed by atoms with Gasteiger partial charge in [-0.2, -0.15) is 13.2 Å². The summed E-state index contributed by atoms with van der Waals surface area (Å²) < 4.78 is 36.2. The second-order valence-corrected chi connectivity index (χ2v) is 3.04. The molecule has 1 aliphatic rings. The molecule has 0 unspecified atom stereocenters. The molecule has 1 saturated heterocycles. The average molecular weight is 191 g/mol. The predicted molar refractivity (Wildman–Crippen MR) is 39.2 cm³/mol. The van der Waals surface area contributed by atoms with Crippen molar-refractivity contribution in [2.24, 2.45) is 0 Å². The minimum atomic E-state index is -4.37. The van der Waals surface area contributed by atoms with Crippen LogP contribution in [0.4, 0.5) is 13.2 Å². The first-order chi connectivity index (χ1) is 6.07. The minimum absolute atomic E-state index is 0.156. The maximum Gasteiger partial charge on any atom is 0.449 e. The number of nitrogens with one attached hydrogen (secondary N) is 2. The molecular weight excluding hydrogens is 183 g/mol. The molecule has 0 radical (unpaired) electrons. The van der Waals surface area contributed by atoms with E-state index in [1.807, 2.05) is 0 Å². The molecule has 1 fully saturated rings. The molecule has 2 N–H and O–H groups in total. The van der Waals surface area contributed by atoms with E-state index in [9.17, 15) is 13.2 Å². The molecule has 13 heavy (non-hydrogen) atoms. The Morgan fingerprint density at radius 3 is 2.46 bits per heavy atom. The number of H-pyrrole nitrogens is 1. The van der Waals surface area contributed by atoms with Gasteiger partial charge in [0.05, 0.1) is 0 Å². The SMILES string of the molecule is FC(F)(F)c1ncc(C2CNC2)[nH]1. The smallest absolute Gasteiger partial charge is 0.338 e. The summed E-state index contributed by atoms with van der Waals surface area (Å²) in [5, 5.41) is 2.98. The average Bonchev–Trinajstić information content (AvgIpc) is 2.29. The molecule has 0 aromatic carbocycles. The van der Waals surface area contributed by atoms with Gasteiger partial charge in [-0.15, -0.1) is 0 Å². The topological polar surface area (TPSA) is 40.7 Å². The summed E-state index contributed by atoms with van der Waals surface area (Å²) in [4.78, 5) is 5.56. The fourth-order valence-corrected chi connectivity index (χ4v) is 1.20. The number of alkyl halides is 3. The highest BCUT2D eigenvalue weighted by molar-refractivity contribution is 5.13. The van der Waals surface area contributed by atoms with Crippen molar-refractivity contribution < 1.29 is 13.2 Å². The first-order valence-corrected chi connectivity index (χ1v) is 3.90. The largest absolute Gasteiger partial charge is 0.449 e. The van der Waals surface area contributed by atoms with Crippen LogP contribution in [0.5, 0.6) is 0 Å². The number of rotatable bonds is 1. The first kappa shape index (κ1) is 8.55. The summed E-state index contributed by atoms with van der Waals surface area (Å²) >= 11 is 0. The Kier molecular flexibility index (Phi) is 1.80. The molecule has 0 saturated carbocycles. The maximum absolute atomic E-state index is 12.1. The maximum atomic E-state index is 12.1. The number of aromatic nitrogens is 2. The normalized spacial score (nSPS) is 18.7. The van der Waals surface area contributed by atoms with Gasteiger partial charge in [0.25, 0.3) is 0 Å². The van der Waals surface area contributed by atoms with E-state index in [4.69, 9.17) is 0 Å². The lowest BCUT2D eigenvalue weighted by Gasteiger charge is -2.25. The van der Waals surface area contributed by atoms with Crippen molar-refractivity contribution in [1.29, 1.82) is 0 Å². The van der Waals surface area contributed by atoms with Gasteiger partial charge in [0, 0.05) is 30.9 Å². The zero-order valence-corrected chi connectivity index (χ0v) is 6.65. The molecule has 0 amide bonds. The van der Waals surface area contributed by atoms with Gasteiger partial charge < -0.3 is 10.3 Å². The summed E-state index contributed by atoms with van der Waals surface area (Å²) in [5.74, 6) is -0.752. The van der Waals surface area contributed by atoms with Crippen LogP contribution in [0, 0.1) is 0 Å². The Balaban J connectivity index is 2.17. The summed E-state index contributed by atoms with van der Waals surface area (Å²) in [7, 11) is 0. The van der Waals surface area contributed by atoms with Gasteiger partial charge in [0.2, 0.25) is 5.82 Å². The third-order valence-electron chi connectivity index (χ3n) is 2.09. The minimum Gasteiger partial charge on any atom is -0.338 e. The lowest BCUT2D eigenvalue weighted by atomic mass is 10.0. The number of hydrogen-bond acceptors (Lipinski definition) is 2. The highest BCUT2D eigenvalue weighted by atomic mass is 19.4. The van der Waals surface area contributed by atoms with Crippen molar-refractivity contribution in [3.05, 3.63) is 17.7 Å². The van der Waals surface area contributed by atoms with Crippen LogP contribution >= 0.6 is 0 Å². The Hall–Kier alpha value is -1.04. The molecule has 2 heterocycles. The van der Waals surface area contributed by atoms with Crippen LogP contribution in [0.2, 0.25) is 0 Å². The molecule has 1 aromatic heterocycles. The monoisotopic (exact) mass is 191 g/mol. The number of aromatic amines is 1. The molecule has 1 aliphatic heterocycles. The van der Waals surface area contributed by atoms with Crippen molar-refractivity contribution in [3.63, 3.8) is 0 Å². The molecule has 0 aliphatic carbocycles. The second kappa shape index (κ2) is 2.73. The van der Waals surface area contributed by atoms with Crippen LogP contribution in [0.1, 0.15) is 17.4 Å². The third-order valence-corrected chi connectivity index (χ3v) is 2.09. The standard InChI is InChI=1S/C7H8F3N3/c8-7(9,10)6-12-3-5(13-6)4-1-11-2-4/h3-4,11H,1-2H2,(H,12,13).